The van der Waals surface area contributed by atoms with Gasteiger partial charge in [0, 0.05) is 7.11 Å². The van der Waals surface area contributed by atoms with E-state index in [0.29, 0.717) is 6.61 Å². The molecule has 1 aromatic carbocycles. The van der Waals surface area contributed by atoms with E-state index in [-0.39, 0.29) is 5.91 Å². The van der Waals surface area contributed by atoms with Crippen LogP contribution in [-0.2, 0) is 9.53 Å². The Morgan fingerprint density at radius 1 is 1.33 bits per heavy atom. The number of nitrogens with two attached hydrogens (primary N) is 1. The van der Waals surface area contributed by atoms with Crippen LogP contribution in [0.3, 0.4) is 0 Å². The quantitative estimate of drug-likeness (QED) is 0.784. The van der Waals surface area contributed by atoms with Crippen molar-refractivity contribution in [3.63, 3.8) is 0 Å². The molecule has 0 saturated carbocycles. The van der Waals surface area contributed by atoms with Crippen LogP contribution in [0.4, 0.5) is 0 Å². The van der Waals surface area contributed by atoms with Crippen LogP contribution in [0.2, 0.25) is 0 Å². The zero-order valence-electron chi connectivity index (χ0n) is 8.90. The molecule has 1 atom stereocenters. The molecule has 0 aliphatic carbocycles. The van der Waals surface area contributed by atoms with Gasteiger partial charge in [-0.2, -0.15) is 0 Å². The average molecular weight is 209 g/mol. The fourth-order valence-electron chi connectivity index (χ4n) is 1.35. The molecule has 0 saturated heterocycles. The van der Waals surface area contributed by atoms with Crippen LogP contribution in [0, 0.1) is 0 Å². The first kappa shape index (κ1) is 11.5. The lowest BCUT2D eigenvalue weighted by Gasteiger charge is -2.12. The van der Waals surface area contributed by atoms with Crippen molar-refractivity contribution in [2.45, 2.75) is 5.92 Å². The SMILES string of the molecule is COCC(C(N)=O)c1ccc(OC)cc1. The second-order valence-corrected chi connectivity index (χ2v) is 3.18. The Morgan fingerprint density at radius 2 is 1.93 bits per heavy atom. The molecule has 4 nitrogen and oxygen atoms in total. The van der Waals surface area contributed by atoms with Crippen molar-refractivity contribution in [1.82, 2.24) is 0 Å². The molecule has 1 rings (SSSR count). The zero-order chi connectivity index (χ0) is 11.3. The molecule has 0 spiro atoms. The number of hydrogen-bond donors (Lipinski definition) is 1. The van der Waals surface area contributed by atoms with Crippen molar-refractivity contribution in [3.05, 3.63) is 29.8 Å². The van der Waals surface area contributed by atoms with E-state index >= 15 is 0 Å². The van der Waals surface area contributed by atoms with Gasteiger partial charge < -0.3 is 15.2 Å². The third kappa shape index (κ3) is 2.95. The molecule has 0 radical (unpaired) electrons. The van der Waals surface area contributed by atoms with Gasteiger partial charge in [0.25, 0.3) is 0 Å². The Labute approximate surface area is 89.0 Å². The molecule has 0 heterocycles. The largest absolute Gasteiger partial charge is 0.497 e. The van der Waals surface area contributed by atoms with E-state index in [1.54, 1.807) is 26.4 Å². The number of hydrogen-bond acceptors (Lipinski definition) is 3. The lowest BCUT2D eigenvalue weighted by Crippen LogP contribution is -2.24. The minimum absolute atomic E-state index is 0.293. The summed E-state index contributed by atoms with van der Waals surface area (Å²) in [4.78, 5) is 11.2. The smallest absolute Gasteiger partial charge is 0.227 e. The number of amides is 1. The summed E-state index contributed by atoms with van der Waals surface area (Å²) in [7, 11) is 3.13. The van der Waals surface area contributed by atoms with E-state index in [4.69, 9.17) is 15.2 Å². The Morgan fingerprint density at radius 3 is 2.33 bits per heavy atom. The molecule has 1 amide bonds. The Kier molecular flexibility index (Phi) is 4.12. The second-order valence-electron chi connectivity index (χ2n) is 3.18. The maximum Gasteiger partial charge on any atom is 0.227 e. The Hall–Kier alpha value is -1.55. The van der Waals surface area contributed by atoms with Gasteiger partial charge in [-0.1, -0.05) is 12.1 Å². The van der Waals surface area contributed by atoms with E-state index in [2.05, 4.69) is 0 Å². The molecule has 15 heavy (non-hydrogen) atoms. The Bertz CT molecular complexity index is 321. The molecule has 82 valence electrons. The van der Waals surface area contributed by atoms with Crippen LogP contribution in [-0.4, -0.2) is 26.7 Å². The lowest BCUT2D eigenvalue weighted by atomic mass is 9.99. The van der Waals surface area contributed by atoms with Crippen LogP contribution in [0.15, 0.2) is 24.3 Å². The van der Waals surface area contributed by atoms with E-state index < -0.39 is 5.92 Å². The number of carbonyl (C=O) groups is 1. The minimum Gasteiger partial charge on any atom is -0.497 e. The van der Waals surface area contributed by atoms with Crippen LogP contribution in [0.5, 0.6) is 5.75 Å². The summed E-state index contributed by atoms with van der Waals surface area (Å²) < 4.78 is 9.97. The van der Waals surface area contributed by atoms with Gasteiger partial charge in [-0.15, -0.1) is 0 Å². The molecule has 0 aliphatic heterocycles. The second kappa shape index (κ2) is 5.36. The molecule has 2 N–H and O–H groups in total. The highest BCUT2D eigenvalue weighted by Crippen LogP contribution is 2.19. The summed E-state index contributed by atoms with van der Waals surface area (Å²) >= 11 is 0. The first-order chi connectivity index (χ1) is 7.19. The summed E-state index contributed by atoms with van der Waals surface area (Å²) in [6, 6.07) is 7.21. The molecule has 1 unspecified atom stereocenters. The van der Waals surface area contributed by atoms with Gasteiger partial charge in [0.15, 0.2) is 0 Å². The standard InChI is InChI=1S/C11H15NO3/c1-14-7-10(11(12)13)8-3-5-9(15-2)6-4-8/h3-6,10H,7H2,1-2H3,(H2,12,13). The monoisotopic (exact) mass is 209 g/mol. The van der Waals surface area contributed by atoms with Gasteiger partial charge in [-0.25, -0.2) is 0 Å². The summed E-state index contributed by atoms with van der Waals surface area (Å²) in [5.41, 5.74) is 6.11. The zero-order valence-corrected chi connectivity index (χ0v) is 8.90. The summed E-state index contributed by atoms with van der Waals surface area (Å²) in [6.07, 6.45) is 0. The summed E-state index contributed by atoms with van der Waals surface area (Å²) in [5, 5.41) is 0. The molecular formula is C11H15NO3. The fourth-order valence-corrected chi connectivity index (χ4v) is 1.35. The van der Waals surface area contributed by atoms with Crippen molar-refractivity contribution in [3.8, 4) is 5.75 Å². The third-order valence-electron chi connectivity index (χ3n) is 2.19. The normalized spacial score (nSPS) is 12.1. The molecule has 1 aromatic rings. The summed E-state index contributed by atoms with van der Waals surface area (Å²) in [5.74, 6) is -0.0395. The highest BCUT2D eigenvalue weighted by molar-refractivity contribution is 5.82. The topological polar surface area (TPSA) is 61.5 Å². The molecule has 4 heteroatoms. The highest BCUT2D eigenvalue weighted by atomic mass is 16.5. The predicted molar refractivity (Wildman–Crippen MR) is 56.8 cm³/mol. The van der Waals surface area contributed by atoms with Gasteiger partial charge in [-0.3, -0.25) is 4.79 Å². The number of primary amides is 1. The maximum absolute atomic E-state index is 11.2. The van der Waals surface area contributed by atoms with Gasteiger partial charge in [0.05, 0.1) is 19.6 Å². The van der Waals surface area contributed by atoms with Crippen LogP contribution < -0.4 is 10.5 Å². The average Bonchev–Trinajstić information content (AvgIpc) is 2.26. The third-order valence-corrected chi connectivity index (χ3v) is 2.19. The van der Waals surface area contributed by atoms with Crippen molar-refractivity contribution in [2.75, 3.05) is 20.8 Å². The lowest BCUT2D eigenvalue weighted by molar-refractivity contribution is -0.120. The van der Waals surface area contributed by atoms with E-state index in [1.165, 1.54) is 0 Å². The molecular weight excluding hydrogens is 194 g/mol. The van der Waals surface area contributed by atoms with Crippen LogP contribution in [0.1, 0.15) is 11.5 Å². The Balaban J connectivity index is 2.86. The van der Waals surface area contributed by atoms with E-state index in [1.807, 2.05) is 12.1 Å². The number of benzene rings is 1. The molecule has 0 aliphatic rings. The van der Waals surface area contributed by atoms with Gasteiger partial charge in [0.1, 0.15) is 5.75 Å². The van der Waals surface area contributed by atoms with Crippen LogP contribution in [0.25, 0.3) is 0 Å². The number of methoxy groups -OCH3 is 2. The maximum atomic E-state index is 11.2. The first-order valence-corrected chi connectivity index (χ1v) is 4.61. The highest BCUT2D eigenvalue weighted by Gasteiger charge is 2.17. The molecule has 0 bridgehead atoms. The van der Waals surface area contributed by atoms with Crippen molar-refractivity contribution >= 4 is 5.91 Å². The van der Waals surface area contributed by atoms with Gasteiger partial charge in [-0.05, 0) is 17.7 Å². The number of rotatable bonds is 5. The van der Waals surface area contributed by atoms with Crippen LogP contribution >= 0.6 is 0 Å². The molecule has 0 aromatic heterocycles. The molecule has 0 fully saturated rings. The van der Waals surface area contributed by atoms with Gasteiger partial charge in [0.2, 0.25) is 5.91 Å². The van der Waals surface area contributed by atoms with E-state index in [9.17, 15) is 4.79 Å². The predicted octanol–water partition coefficient (Wildman–Crippen LogP) is 0.910. The summed E-state index contributed by atoms with van der Waals surface area (Å²) in [6.45, 7) is 0.293. The minimum atomic E-state index is -0.402. The van der Waals surface area contributed by atoms with E-state index in [0.717, 1.165) is 11.3 Å². The van der Waals surface area contributed by atoms with Crippen molar-refractivity contribution in [2.24, 2.45) is 5.73 Å². The fraction of sp³-hybridized carbons (Fsp3) is 0.364. The number of ether oxygens (including phenoxy) is 2. The first-order valence-electron chi connectivity index (χ1n) is 4.61. The van der Waals surface area contributed by atoms with Crippen molar-refractivity contribution < 1.29 is 14.3 Å². The number of carbonyl (C=O) groups excluding carboxylic acids is 1. The van der Waals surface area contributed by atoms with Gasteiger partial charge >= 0.3 is 0 Å². The van der Waals surface area contributed by atoms with Crippen molar-refractivity contribution in [1.29, 1.82) is 0 Å².